The van der Waals surface area contributed by atoms with E-state index in [4.69, 9.17) is 5.73 Å². The second kappa shape index (κ2) is 7.18. The summed E-state index contributed by atoms with van der Waals surface area (Å²) in [6.45, 7) is 0.425. The lowest BCUT2D eigenvalue weighted by molar-refractivity contribution is -0.132. The van der Waals surface area contributed by atoms with Gasteiger partial charge >= 0.3 is 6.18 Å². The number of alkyl halides is 3. The first-order valence-electron chi connectivity index (χ1n) is 5.08. The van der Waals surface area contributed by atoms with Gasteiger partial charge in [0.2, 0.25) is 0 Å². The summed E-state index contributed by atoms with van der Waals surface area (Å²) in [6, 6.07) is 0. The van der Waals surface area contributed by atoms with E-state index in [1.54, 1.807) is 0 Å². The van der Waals surface area contributed by atoms with E-state index in [0.29, 0.717) is 12.5 Å². The van der Waals surface area contributed by atoms with Gasteiger partial charge in [0.25, 0.3) is 0 Å². The Morgan fingerprint density at radius 1 is 1.38 bits per heavy atom. The molecule has 3 N–H and O–H groups in total. The molecule has 16 heavy (non-hydrogen) atoms. The molecule has 0 saturated heterocycles. The molecule has 96 valence electrons. The number of guanidine groups is 1. The lowest BCUT2D eigenvalue weighted by atomic mass is 9.86. The normalized spacial score (nSPS) is 17.6. The van der Waals surface area contributed by atoms with E-state index in [2.05, 4.69) is 10.3 Å². The Morgan fingerprint density at radius 2 is 2.00 bits per heavy atom. The highest BCUT2D eigenvalue weighted by Crippen LogP contribution is 2.26. The lowest BCUT2D eigenvalue weighted by Crippen LogP contribution is -2.35. The summed E-state index contributed by atoms with van der Waals surface area (Å²) in [7, 11) is 0. The third-order valence-electron chi connectivity index (χ3n) is 2.46. The van der Waals surface area contributed by atoms with Crippen LogP contribution in [0.2, 0.25) is 0 Å². The van der Waals surface area contributed by atoms with E-state index in [-0.39, 0.29) is 36.5 Å². The minimum absolute atomic E-state index is 0. The molecule has 1 saturated carbocycles. The summed E-state index contributed by atoms with van der Waals surface area (Å²) in [4.78, 5) is 3.98. The molecule has 0 atom stereocenters. The van der Waals surface area contributed by atoms with Gasteiger partial charge in [0.05, 0.1) is 6.42 Å². The zero-order chi connectivity index (χ0) is 11.3. The number of aliphatic imine (C=N–C) groups is 1. The quantitative estimate of drug-likeness (QED) is 0.464. The molecule has 0 heterocycles. The minimum atomic E-state index is -4.14. The average Bonchev–Trinajstić information content (AvgIpc) is 1.98. The van der Waals surface area contributed by atoms with Gasteiger partial charge in [-0.15, -0.1) is 24.0 Å². The minimum Gasteiger partial charge on any atom is -0.370 e. The Kier molecular flexibility index (Phi) is 7.09. The number of hydrogen-bond donors (Lipinski definition) is 2. The Labute approximate surface area is 110 Å². The average molecular weight is 351 g/mol. The van der Waals surface area contributed by atoms with Crippen LogP contribution in [0.5, 0.6) is 0 Å². The number of halogens is 4. The van der Waals surface area contributed by atoms with Crippen LogP contribution >= 0.6 is 24.0 Å². The van der Waals surface area contributed by atoms with E-state index >= 15 is 0 Å². The van der Waals surface area contributed by atoms with Crippen molar-refractivity contribution in [1.82, 2.24) is 5.32 Å². The van der Waals surface area contributed by atoms with E-state index < -0.39 is 12.6 Å². The summed E-state index contributed by atoms with van der Waals surface area (Å²) in [5, 5.41) is 2.45. The van der Waals surface area contributed by atoms with Crippen molar-refractivity contribution in [1.29, 1.82) is 0 Å². The summed E-state index contributed by atoms with van der Waals surface area (Å²) < 4.78 is 35.3. The molecular weight excluding hydrogens is 334 g/mol. The smallest absolute Gasteiger partial charge is 0.370 e. The standard InChI is InChI=1S/C9H16F3N3.HI/c10-9(11,12)4-5-14-8(13)15-6-7-2-1-3-7;/h7H,1-6H2,(H3,13,14,15);1H. The Hall–Kier alpha value is -0.210. The second-order valence-electron chi connectivity index (χ2n) is 3.81. The Balaban J connectivity index is 0.00000225. The van der Waals surface area contributed by atoms with Gasteiger partial charge in [-0.25, -0.2) is 0 Å². The van der Waals surface area contributed by atoms with Gasteiger partial charge in [-0.1, -0.05) is 6.42 Å². The van der Waals surface area contributed by atoms with Crippen molar-refractivity contribution in [3.63, 3.8) is 0 Å². The first-order valence-corrected chi connectivity index (χ1v) is 5.08. The number of nitrogens with two attached hydrogens (primary N) is 1. The largest absolute Gasteiger partial charge is 0.390 e. The Bertz CT molecular complexity index is 227. The van der Waals surface area contributed by atoms with Gasteiger partial charge in [-0.05, 0) is 18.8 Å². The maximum atomic E-state index is 11.8. The van der Waals surface area contributed by atoms with Gasteiger partial charge in [-0.2, -0.15) is 13.2 Å². The molecule has 0 bridgehead atoms. The maximum absolute atomic E-state index is 11.8. The van der Waals surface area contributed by atoms with Crippen molar-refractivity contribution in [2.24, 2.45) is 16.6 Å². The van der Waals surface area contributed by atoms with Crippen LogP contribution in [0, 0.1) is 5.92 Å². The fourth-order valence-corrected chi connectivity index (χ4v) is 1.29. The fourth-order valence-electron chi connectivity index (χ4n) is 1.29. The molecule has 1 aliphatic rings. The Morgan fingerprint density at radius 3 is 2.44 bits per heavy atom. The molecule has 7 heteroatoms. The lowest BCUT2D eigenvalue weighted by Gasteiger charge is -2.23. The van der Waals surface area contributed by atoms with Crippen molar-refractivity contribution >= 4 is 29.9 Å². The molecule has 0 aromatic heterocycles. The predicted molar refractivity (Wildman–Crippen MR) is 67.9 cm³/mol. The van der Waals surface area contributed by atoms with E-state index in [0.717, 1.165) is 12.8 Å². The summed E-state index contributed by atoms with van der Waals surface area (Å²) >= 11 is 0. The van der Waals surface area contributed by atoms with Crippen molar-refractivity contribution in [3.8, 4) is 0 Å². The van der Waals surface area contributed by atoms with Crippen LogP contribution in [0.3, 0.4) is 0 Å². The molecule has 0 aromatic rings. The number of rotatable bonds is 4. The predicted octanol–water partition coefficient (Wildman–Crippen LogP) is 2.26. The molecule has 0 aliphatic heterocycles. The highest BCUT2D eigenvalue weighted by molar-refractivity contribution is 14.0. The van der Waals surface area contributed by atoms with E-state index in [1.165, 1.54) is 6.42 Å². The van der Waals surface area contributed by atoms with Gasteiger partial charge < -0.3 is 11.1 Å². The van der Waals surface area contributed by atoms with Gasteiger partial charge in [-0.3, -0.25) is 4.99 Å². The van der Waals surface area contributed by atoms with Crippen LogP contribution in [0.15, 0.2) is 4.99 Å². The van der Waals surface area contributed by atoms with Gasteiger partial charge in [0.15, 0.2) is 5.96 Å². The van der Waals surface area contributed by atoms with E-state index in [1.807, 2.05) is 0 Å². The zero-order valence-electron chi connectivity index (χ0n) is 8.89. The van der Waals surface area contributed by atoms with Gasteiger partial charge in [0.1, 0.15) is 0 Å². The summed E-state index contributed by atoms with van der Waals surface area (Å²) in [6.07, 6.45) is -1.49. The third kappa shape index (κ3) is 7.13. The van der Waals surface area contributed by atoms with Crippen LogP contribution in [0.1, 0.15) is 25.7 Å². The molecular formula is C9H17F3IN3. The van der Waals surface area contributed by atoms with E-state index in [9.17, 15) is 13.2 Å². The SMILES string of the molecule is I.NC(=NCC1CCC1)NCCC(F)(F)F. The van der Waals surface area contributed by atoms with Crippen molar-refractivity contribution in [2.75, 3.05) is 13.1 Å². The molecule has 3 nitrogen and oxygen atoms in total. The first-order chi connectivity index (χ1) is 6.97. The fraction of sp³-hybridized carbons (Fsp3) is 0.889. The number of nitrogens with one attached hydrogen (secondary N) is 1. The molecule has 0 aromatic carbocycles. The second-order valence-corrected chi connectivity index (χ2v) is 3.81. The first kappa shape index (κ1) is 15.8. The van der Waals surface area contributed by atoms with Gasteiger partial charge in [0, 0.05) is 13.1 Å². The van der Waals surface area contributed by atoms with Crippen LogP contribution in [-0.2, 0) is 0 Å². The summed E-state index contributed by atoms with van der Waals surface area (Å²) in [5.74, 6) is 0.694. The third-order valence-corrected chi connectivity index (χ3v) is 2.46. The zero-order valence-corrected chi connectivity index (χ0v) is 11.2. The molecule has 0 spiro atoms. The highest BCUT2D eigenvalue weighted by Gasteiger charge is 2.26. The van der Waals surface area contributed by atoms with Crippen LogP contribution in [0.25, 0.3) is 0 Å². The van der Waals surface area contributed by atoms with Crippen molar-refractivity contribution in [3.05, 3.63) is 0 Å². The number of nitrogens with zero attached hydrogens (tertiary/aromatic N) is 1. The molecule has 1 rings (SSSR count). The highest BCUT2D eigenvalue weighted by atomic mass is 127. The monoisotopic (exact) mass is 351 g/mol. The number of hydrogen-bond acceptors (Lipinski definition) is 1. The van der Waals surface area contributed by atoms with Crippen molar-refractivity contribution < 1.29 is 13.2 Å². The van der Waals surface area contributed by atoms with Crippen LogP contribution < -0.4 is 11.1 Å². The molecule has 0 unspecified atom stereocenters. The van der Waals surface area contributed by atoms with Crippen LogP contribution in [-0.4, -0.2) is 25.2 Å². The topological polar surface area (TPSA) is 50.4 Å². The maximum Gasteiger partial charge on any atom is 0.390 e. The molecule has 0 amide bonds. The van der Waals surface area contributed by atoms with Crippen LogP contribution in [0.4, 0.5) is 13.2 Å². The molecule has 1 fully saturated rings. The molecule has 0 radical (unpaired) electrons. The summed E-state index contributed by atoms with van der Waals surface area (Å²) in [5.41, 5.74) is 5.40. The van der Waals surface area contributed by atoms with Crippen molar-refractivity contribution in [2.45, 2.75) is 31.9 Å². The molecule has 1 aliphatic carbocycles.